The molecule has 1 heterocycles. The summed E-state index contributed by atoms with van der Waals surface area (Å²) in [6, 6.07) is 7.19. The number of hydrogen-bond acceptors (Lipinski definition) is 4. The second kappa shape index (κ2) is 5.81. The highest BCUT2D eigenvalue weighted by molar-refractivity contribution is 5.97. The number of nitrogens with zero attached hydrogens (tertiary/aromatic N) is 2. The molecule has 24 heavy (non-hydrogen) atoms. The topological polar surface area (TPSA) is 61.2 Å². The first-order valence-electron chi connectivity index (χ1n) is 7.47. The van der Waals surface area contributed by atoms with Gasteiger partial charge >= 0.3 is 6.61 Å². The van der Waals surface area contributed by atoms with Crippen LogP contribution in [-0.4, -0.2) is 22.2 Å². The van der Waals surface area contributed by atoms with E-state index in [1.165, 1.54) is 24.3 Å². The average molecular weight is 334 g/mol. The molecule has 1 aliphatic carbocycles. The summed E-state index contributed by atoms with van der Waals surface area (Å²) in [4.78, 5) is 24.7. The number of carbonyl (C=O) groups excluding carboxylic acids is 1. The number of ether oxygens (including phenoxy) is 1. The van der Waals surface area contributed by atoms with Crippen molar-refractivity contribution in [3.8, 4) is 11.4 Å². The van der Waals surface area contributed by atoms with Gasteiger partial charge in [0.05, 0.1) is 0 Å². The molecule has 0 spiro atoms. The Hall–Kier alpha value is -2.57. The third-order valence-corrected chi connectivity index (χ3v) is 3.89. The fourth-order valence-corrected chi connectivity index (χ4v) is 2.96. The largest absolute Gasteiger partial charge is 0.433 e. The first kappa shape index (κ1) is 16.3. The lowest BCUT2D eigenvalue weighted by Gasteiger charge is -2.29. The van der Waals surface area contributed by atoms with Crippen LogP contribution in [-0.2, 0) is 6.42 Å². The number of rotatable bonds is 3. The van der Waals surface area contributed by atoms with Gasteiger partial charge in [-0.25, -0.2) is 0 Å². The van der Waals surface area contributed by atoms with Crippen LogP contribution in [0.25, 0.3) is 5.69 Å². The molecule has 0 fully saturated rings. The molecule has 1 aromatic carbocycles. The Morgan fingerprint density at radius 3 is 2.62 bits per heavy atom. The van der Waals surface area contributed by atoms with Crippen LogP contribution in [0.3, 0.4) is 0 Å². The van der Waals surface area contributed by atoms with Crippen molar-refractivity contribution in [3.63, 3.8) is 0 Å². The lowest BCUT2D eigenvalue weighted by atomic mass is 9.75. The van der Waals surface area contributed by atoms with Crippen molar-refractivity contribution in [1.82, 2.24) is 9.78 Å². The number of Topliss-reactive ketones (excluding diaryl/α,β-unsaturated/α-hetero) is 1. The smallest absolute Gasteiger partial charge is 0.387 e. The maximum absolute atomic E-state index is 12.6. The molecule has 2 aromatic rings. The van der Waals surface area contributed by atoms with E-state index >= 15 is 0 Å². The molecule has 7 heteroatoms. The van der Waals surface area contributed by atoms with Crippen molar-refractivity contribution in [1.29, 1.82) is 0 Å². The van der Waals surface area contributed by atoms with Crippen LogP contribution in [0, 0.1) is 5.41 Å². The molecule has 0 bridgehead atoms. The van der Waals surface area contributed by atoms with E-state index in [1.807, 2.05) is 13.8 Å². The number of alkyl halides is 2. The molecule has 1 aromatic heterocycles. The second-order valence-corrected chi connectivity index (χ2v) is 6.56. The van der Waals surface area contributed by atoms with Crippen LogP contribution in [0.15, 0.2) is 35.1 Å². The molecule has 0 radical (unpaired) electrons. The summed E-state index contributed by atoms with van der Waals surface area (Å²) < 4.78 is 30.5. The Labute approximate surface area is 136 Å². The Kier molecular flexibility index (Phi) is 3.95. The first-order chi connectivity index (χ1) is 11.3. The van der Waals surface area contributed by atoms with Crippen LogP contribution < -0.4 is 10.3 Å². The minimum absolute atomic E-state index is 0.0724. The molecule has 0 N–H and O–H groups in total. The number of aromatic nitrogens is 2. The van der Waals surface area contributed by atoms with Gasteiger partial charge < -0.3 is 4.74 Å². The predicted octanol–water partition coefficient (Wildman–Crippen LogP) is 2.99. The van der Waals surface area contributed by atoms with E-state index in [2.05, 4.69) is 9.84 Å². The van der Waals surface area contributed by atoms with Crippen molar-refractivity contribution in [2.45, 2.75) is 33.3 Å². The van der Waals surface area contributed by atoms with Crippen molar-refractivity contribution in [3.05, 3.63) is 51.9 Å². The minimum Gasteiger partial charge on any atom is -0.433 e. The van der Waals surface area contributed by atoms with Gasteiger partial charge in [-0.15, -0.1) is 0 Å². The van der Waals surface area contributed by atoms with E-state index in [-0.39, 0.29) is 28.3 Å². The van der Waals surface area contributed by atoms with Gasteiger partial charge in [-0.2, -0.15) is 18.6 Å². The van der Waals surface area contributed by atoms with Gasteiger partial charge in [0.1, 0.15) is 11.4 Å². The number of fused-ring (bicyclic) bond motifs is 1. The summed E-state index contributed by atoms with van der Waals surface area (Å²) in [5.74, 6) is -0.340. The Morgan fingerprint density at radius 1 is 1.21 bits per heavy atom. The highest BCUT2D eigenvalue weighted by Crippen LogP contribution is 2.33. The van der Waals surface area contributed by atoms with E-state index in [9.17, 15) is 18.4 Å². The summed E-state index contributed by atoms with van der Waals surface area (Å²) in [6.07, 6.45) is 0.882. The zero-order valence-electron chi connectivity index (χ0n) is 13.3. The summed E-state index contributed by atoms with van der Waals surface area (Å²) >= 11 is 0. The number of benzene rings is 1. The molecular weight excluding hydrogens is 318 g/mol. The van der Waals surface area contributed by atoms with Gasteiger partial charge in [0, 0.05) is 12.5 Å². The second-order valence-electron chi connectivity index (χ2n) is 6.56. The van der Waals surface area contributed by atoms with E-state index < -0.39 is 12.2 Å². The minimum atomic E-state index is -3.03. The van der Waals surface area contributed by atoms with Crippen LogP contribution in [0.5, 0.6) is 5.75 Å². The molecule has 0 aliphatic heterocycles. The predicted molar refractivity (Wildman–Crippen MR) is 82.9 cm³/mol. The van der Waals surface area contributed by atoms with E-state index in [0.29, 0.717) is 18.4 Å². The van der Waals surface area contributed by atoms with Crippen molar-refractivity contribution in [2.24, 2.45) is 5.41 Å². The van der Waals surface area contributed by atoms with Gasteiger partial charge in [0.25, 0.3) is 5.56 Å². The monoisotopic (exact) mass is 334 g/mol. The Morgan fingerprint density at radius 2 is 1.92 bits per heavy atom. The molecule has 126 valence electrons. The highest BCUT2D eigenvalue weighted by atomic mass is 19.3. The van der Waals surface area contributed by atoms with Gasteiger partial charge in [0.2, 0.25) is 0 Å². The fourth-order valence-electron chi connectivity index (χ4n) is 2.96. The van der Waals surface area contributed by atoms with Crippen molar-refractivity contribution < 1.29 is 18.3 Å². The zero-order chi connectivity index (χ0) is 17.5. The average Bonchev–Trinajstić information content (AvgIpc) is 2.45. The number of hydrogen-bond donors (Lipinski definition) is 0. The third-order valence-electron chi connectivity index (χ3n) is 3.89. The van der Waals surface area contributed by atoms with Crippen molar-refractivity contribution >= 4 is 5.78 Å². The molecule has 0 amide bonds. The lowest BCUT2D eigenvalue weighted by Crippen LogP contribution is -2.33. The fraction of sp³-hybridized carbons (Fsp3) is 0.353. The Bertz CT molecular complexity index is 859. The maximum Gasteiger partial charge on any atom is 0.387 e. The lowest BCUT2D eigenvalue weighted by molar-refractivity contribution is -0.0499. The Balaban J connectivity index is 2.14. The summed E-state index contributed by atoms with van der Waals surface area (Å²) in [5, 5.41) is 4.13. The summed E-state index contributed by atoms with van der Waals surface area (Å²) in [7, 11) is 0. The summed E-state index contributed by atoms with van der Waals surface area (Å²) in [6.45, 7) is 0.873. The van der Waals surface area contributed by atoms with E-state index in [1.54, 1.807) is 6.07 Å². The standard InChI is InChI=1S/C17H16F2N2O3/c1-17(2)8-10-7-14(23)21(20-15(10)12(22)9-17)11-5-3-4-6-13(11)24-16(18)19/h3-7,16H,8-9H2,1-2H3. The van der Waals surface area contributed by atoms with Crippen molar-refractivity contribution in [2.75, 3.05) is 0 Å². The quantitative estimate of drug-likeness (QED) is 0.866. The molecule has 0 unspecified atom stereocenters. The molecule has 0 saturated carbocycles. The van der Waals surface area contributed by atoms with Crippen LogP contribution in [0.2, 0.25) is 0 Å². The SMILES string of the molecule is CC1(C)CC(=O)c2nn(-c3ccccc3OC(F)F)c(=O)cc2C1. The maximum atomic E-state index is 12.6. The zero-order valence-corrected chi connectivity index (χ0v) is 13.3. The molecule has 3 rings (SSSR count). The van der Waals surface area contributed by atoms with Crippen LogP contribution in [0.4, 0.5) is 8.78 Å². The molecule has 0 saturated heterocycles. The number of para-hydroxylation sites is 2. The molecule has 0 atom stereocenters. The van der Waals surface area contributed by atoms with Gasteiger partial charge in [-0.05, 0) is 29.5 Å². The third kappa shape index (κ3) is 3.06. The van der Waals surface area contributed by atoms with Crippen LogP contribution >= 0.6 is 0 Å². The number of halogens is 2. The number of carbonyl (C=O) groups is 1. The van der Waals surface area contributed by atoms with Crippen LogP contribution in [0.1, 0.15) is 36.3 Å². The van der Waals surface area contributed by atoms with E-state index in [4.69, 9.17) is 0 Å². The van der Waals surface area contributed by atoms with E-state index in [0.717, 1.165) is 4.68 Å². The number of ketones is 1. The first-order valence-corrected chi connectivity index (χ1v) is 7.47. The van der Waals surface area contributed by atoms with Gasteiger partial charge in [0.15, 0.2) is 11.5 Å². The van der Waals surface area contributed by atoms with Gasteiger partial charge in [-0.3, -0.25) is 9.59 Å². The highest BCUT2D eigenvalue weighted by Gasteiger charge is 2.33. The molecule has 5 nitrogen and oxygen atoms in total. The summed E-state index contributed by atoms with van der Waals surface area (Å²) in [5.41, 5.74) is 0.138. The molecule has 1 aliphatic rings. The van der Waals surface area contributed by atoms with Gasteiger partial charge in [-0.1, -0.05) is 26.0 Å². The molecular formula is C17H16F2N2O3. The normalized spacial score (nSPS) is 16.1.